The molecule has 174 valence electrons. The van der Waals surface area contributed by atoms with Crippen LogP contribution in [0.4, 0.5) is 0 Å². The smallest absolute Gasteiger partial charge is 0.308 e. The number of ether oxygens (including phenoxy) is 2. The Hall–Kier alpha value is -1.79. The second kappa shape index (κ2) is 9.78. The average Bonchev–Trinajstić information content (AvgIpc) is 3.33. The zero-order valence-electron chi connectivity index (χ0n) is 19.1. The van der Waals surface area contributed by atoms with E-state index in [-0.39, 0.29) is 11.7 Å². The second-order valence-corrected chi connectivity index (χ2v) is 11.0. The number of aromatic nitrogens is 4. The van der Waals surface area contributed by atoms with Crippen LogP contribution in [-0.4, -0.2) is 76.8 Å². The van der Waals surface area contributed by atoms with Gasteiger partial charge in [-0.2, -0.15) is 12.7 Å². The summed E-state index contributed by atoms with van der Waals surface area (Å²) in [6.45, 7) is 7.49. The fourth-order valence-electron chi connectivity index (χ4n) is 3.38. The van der Waals surface area contributed by atoms with Crippen LogP contribution in [0.3, 0.4) is 0 Å². The highest BCUT2D eigenvalue weighted by molar-refractivity contribution is 7.87. The zero-order valence-corrected chi connectivity index (χ0v) is 19.9. The normalized spacial score (nSPS) is 17.6. The van der Waals surface area contributed by atoms with Crippen molar-refractivity contribution in [3.05, 3.63) is 36.4 Å². The van der Waals surface area contributed by atoms with Gasteiger partial charge in [-0.1, -0.05) is 13.8 Å². The van der Waals surface area contributed by atoms with E-state index in [2.05, 4.69) is 28.4 Å². The molecular weight excluding hydrogens is 420 g/mol. The molecule has 0 N–H and O–H groups in total. The summed E-state index contributed by atoms with van der Waals surface area (Å²) in [5.74, 6) is 1.38. The highest BCUT2D eigenvalue weighted by atomic mass is 32.2. The summed E-state index contributed by atoms with van der Waals surface area (Å²) >= 11 is 0. The van der Waals surface area contributed by atoms with Crippen molar-refractivity contribution >= 4 is 10.2 Å². The molecule has 1 aliphatic rings. The van der Waals surface area contributed by atoms with Crippen LogP contribution >= 0.6 is 0 Å². The van der Waals surface area contributed by atoms with Gasteiger partial charge in [0.05, 0.1) is 26.3 Å². The maximum Gasteiger partial charge on any atom is 0.308 e. The minimum atomic E-state index is -3.59. The van der Waals surface area contributed by atoms with Gasteiger partial charge in [0.1, 0.15) is 11.6 Å². The van der Waals surface area contributed by atoms with Gasteiger partial charge >= 0.3 is 10.2 Å². The van der Waals surface area contributed by atoms with Crippen LogP contribution in [-0.2, 0) is 39.3 Å². The second-order valence-electron chi connectivity index (χ2n) is 9.00. The van der Waals surface area contributed by atoms with Crippen LogP contribution in [0.2, 0.25) is 0 Å². The summed E-state index contributed by atoms with van der Waals surface area (Å²) < 4.78 is 41.0. The summed E-state index contributed by atoms with van der Waals surface area (Å²) in [4.78, 5) is 10.7. The Balaban J connectivity index is 1.52. The van der Waals surface area contributed by atoms with E-state index in [0.29, 0.717) is 18.9 Å². The molecule has 0 spiro atoms. The van der Waals surface area contributed by atoms with Crippen LogP contribution in [0.15, 0.2) is 24.8 Å². The fourth-order valence-corrected chi connectivity index (χ4v) is 4.31. The molecule has 10 nitrogen and oxygen atoms in total. The Morgan fingerprint density at radius 3 is 2.35 bits per heavy atom. The van der Waals surface area contributed by atoms with Gasteiger partial charge in [-0.15, -0.1) is 0 Å². The van der Waals surface area contributed by atoms with Crippen molar-refractivity contribution < 1.29 is 17.9 Å². The number of rotatable bonds is 10. The van der Waals surface area contributed by atoms with E-state index in [4.69, 9.17) is 9.47 Å². The Labute approximate surface area is 185 Å². The van der Waals surface area contributed by atoms with Gasteiger partial charge in [0.2, 0.25) is 0 Å². The maximum atomic E-state index is 12.4. The van der Waals surface area contributed by atoms with Crippen molar-refractivity contribution in [3.8, 4) is 0 Å². The summed E-state index contributed by atoms with van der Waals surface area (Å²) in [7, 11) is 1.34. The van der Waals surface area contributed by atoms with Crippen LogP contribution in [0.25, 0.3) is 0 Å². The average molecular weight is 455 g/mol. The summed E-state index contributed by atoms with van der Waals surface area (Å²) in [5.41, 5.74) is 0.0825. The van der Waals surface area contributed by atoms with Gasteiger partial charge in [-0.3, -0.25) is 4.90 Å². The molecule has 0 aliphatic carbocycles. The first kappa shape index (κ1) is 23.9. The summed E-state index contributed by atoms with van der Waals surface area (Å²) in [5, 5.41) is 0. The molecule has 0 saturated carbocycles. The molecule has 0 atom stereocenters. The summed E-state index contributed by atoms with van der Waals surface area (Å²) in [6, 6.07) is 0. The van der Waals surface area contributed by atoms with Crippen LogP contribution in [0.1, 0.15) is 38.3 Å². The van der Waals surface area contributed by atoms with E-state index < -0.39 is 10.2 Å². The minimum Gasteiger partial charge on any atom is -0.352 e. The maximum absolute atomic E-state index is 12.4. The molecule has 2 aromatic rings. The lowest BCUT2D eigenvalue weighted by atomic mass is 9.95. The number of imidazole rings is 2. The first-order valence-electron chi connectivity index (χ1n) is 10.5. The quantitative estimate of drug-likeness (QED) is 0.537. The lowest BCUT2D eigenvalue weighted by molar-refractivity contribution is -0.224. The molecule has 1 saturated heterocycles. The molecule has 31 heavy (non-hydrogen) atoms. The van der Waals surface area contributed by atoms with E-state index in [9.17, 15) is 8.42 Å². The standard InChI is InChI=1S/C20H34N6O4S/c1-20(2)15-29-19(30-16-20)7-6-10-25-11-8-21-17(25)13-24(5)14-18-22-9-12-26(18)31(27,28)23(3)4/h8-9,11-12,19H,6-7,10,13-16H2,1-5H3. The third-order valence-corrected chi connectivity index (χ3v) is 6.93. The molecule has 0 bridgehead atoms. The molecule has 0 aromatic carbocycles. The number of hydrogen-bond acceptors (Lipinski definition) is 7. The van der Waals surface area contributed by atoms with E-state index in [0.717, 1.165) is 38.4 Å². The minimum absolute atomic E-state index is 0.0825. The van der Waals surface area contributed by atoms with Gasteiger partial charge in [0.25, 0.3) is 0 Å². The largest absolute Gasteiger partial charge is 0.352 e. The molecule has 0 unspecified atom stereocenters. The fraction of sp³-hybridized carbons (Fsp3) is 0.700. The molecule has 3 heterocycles. The number of nitrogens with zero attached hydrogens (tertiary/aromatic N) is 6. The van der Waals surface area contributed by atoms with Crippen molar-refractivity contribution in [2.45, 2.75) is 52.6 Å². The molecule has 1 fully saturated rings. The Morgan fingerprint density at radius 2 is 1.68 bits per heavy atom. The van der Waals surface area contributed by atoms with Gasteiger partial charge < -0.3 is 14.0 Å². The first-order valence-corrected chi connectivity index (χ1v) is 11.9. The van der Waals surface area contributed by atoms with E-state index in [1.54, 1.807) is 6.20 Å². The Morgan fingerprint density at radius 1 is 1.06 bits per heavy atom. The van der Waals surface area contributed by atoms with Crippen molar-refractivity contribution in [1.82, 2.24) is 27.7 Å². The van der Waals surface area contributed by atoms with Crippen molar-refractivity contribution in [2.24, 2.45) is 5.41 Å². The van der Waals surface area contributed by atoms with Crippen molar-refractivity contribution in [1.29, 1.82) is 0 Å². The molecule has 2 aromatic heterocycles. The third kappa shape index (κ3) is 6.13. The molecule has 3 rings (SSSR count). The predicted octanol–water partition coefficient (Wildman–Crippen LogP) is 1.55. The summed E-state index contributed by atoms with van der Waals surface area (Å²) in [6.07, 6.45) is 8.34. The monoisotopic (exact) mass is 454 g/mol. The topological polar surface area (TPSA) is 94.7 Å². The van der Waals surface area contributed by atoms with Crippen LogP contribution in [0, 0.1) is 5.41 Å². The highest BCUT2D eigenvalue weighted by Gasteiger charge is 2.28. The molecule has 11 heteroatoms. The first-order chi connectivity index (χ1) is 14.6. The number of hydrogen-bond donors (Lipinski definition) is 0. The lowest BCUT2D eigenvalue weighted by Gasteiger charge is -2.34. The van der Waals surface area contributed by atoms with Gasteiger partial charge in [0.15, 0.2) is 6.29 Å². The predicted molar refractivity (Wildman–Crippen MR) is 116 cm³/mol. The SMILES string of the molecule is CN(Cc1nccn1CCCC1OCC(C)(C)CO1)Cc1nccn1S(=O)(=O)N(C)C. The highest BCUT2D eigenvalue weighted by Crippen LogP contribution is 2.24. The molecule has 0 radical (unpaired) electrons. The van der Waals surface area contributed by atoms with Crippen molar-refractivity contribution in [2.75, 3.05) is 34.4 Å². The molecule has 0 amide bonds. The van der Waals surface area contributed by atoms with Gasteiger partial charge in [-0.25, -0.2) is 13.9 Å². The zero-order chi connectivity index (χ0) is 22.6. The number of aryl methyl sites for hydroxylation is 1. The van der Waals surface area contributed by atoms with Gasteiger partial charge in [-0.05, 0) is 13.5 Å². The van der Waals surface area contributed by atoms with Gasteiger partial charge in [0, 0.05) is 57.3 Å². The van der Waals surface area contributed by atoms with Crippen molar-refractivity contribution in [3.63, 3.8) is 0 Å². The Kier molecular flexibility index (Phi) is 7.53. The molecular formula is C20H34N6O4S. The van der Waals surface area contributed by atoms with Crippen LogP contribution < -0.4 is 0 Å². The van der Waals surface area contributed by atoms with Crippen LogP contribution in [0.5, 0.6) is 0 Å². The third-order valence-electron chi connectivity index (χ3n) is 5.17. The van der Waals surface area contributed by atoms with E-state index >= 15 is 0 Å². The lowest BCUT2D eigenvalue weighted by Crippen LogP contribution is -2.37. The Bertz CT molecular complexity index is 943. The van der Waals surface area contributed by atoms with E-state index in [1.807, 2.05) is 18.1 Å². The van der Waals surface area contributed by atoms with E-state index in [1.165, 1.54) is 34.8 Å². The molecule has 1 aliphatic heterocycles.